The zero-order chi connectivity index (χ0) is 13.5. The number of alkyl halides is 3. The molecule has 0 aromatic heterocycles. The lowest BCUT2D eigenvalue weighted by Gasteiger charge is -2.30. The summed E-state index contributed by atoms with van der Waals surface area (Å²) in [6.45, 7) is 7.22. The van der Waals surface area contributed by atoms with E-state index >= 15 is 0 Å². The van der Waals surface area contributed by atoms with Crippen molar-refractivity contribution in [3.63, 3.8) is 0 Å². The second-order valence-corrected chi connectivity index (χ2v) is 6.31. The highest BCUT2D eigenvalue weighted by atomic mass is 32.2. The van der Waals surface area contributed by atoms with Gasteiger partial charge in [-0.3, -0.25) is 0 Å². The van der Waals surface area contributed by atoms with Crippen molar-refractivity contribution in [2.45, 2.75) is 32.2 Å². The van der Waals surface area contributed by atoms with Crippen LogP contribution in [0.3, 0.4) is 0 Å². The maximum atomic E-state index is 12.1. The van der Waals surface area contributed by atoms with Gasteiger partial charge in [0.1, 0.15) is 5.76 Å². The van der Waals surface area contributed by atoms with Crippen LogP contribution in [0.4, 0.5) is 13.2 Å². The summed E-state index contributed by atoms with van der Waals surface area (Å²) in [5.74, 6) is -0.219. The lowest BCUT2D eigenvalue weighted by molar-refractivity contribution is -0.0526. The largest absolute Gasteiger partial charge is 0.534 e. The lowest BCUT2D eigenvalue weighted by Crippen LogP contribution is -2.27. The Morgan fingerprint density at radius 3 is 2.29 bits per heavy atom. The van der Waals surface area contributed by atoms with Crippen LogP contribution in [-0.2, 0) is 14.3 Å². The summed E-state index contributed by atoms with van der Waals surface area (Å²) in [7, 11) is -5.58. The molecule has 7 heteroatoms. The quantitative estimate of drug-likeness (QED) is 0.572. The van der Waals surface area contributed by atoms with Gasteiger partial charge in [0.05, 0.1) is 0 Å². The first-order chi connectivity index (χ1) is 7.43. The molecular weight excluding hydrogens is 257 g/mol. The minimum atomic E-state index is -5.58. The molecule has 0 spiro atoms. The molecule has 0 aliphatic heterocycles. The van der Waals surface area contributed by atoms with Gasteiger partial charge in [0.2, 0.25) is 0 Å². The molecular formula is C10H13F3O3S. The zero-order valence-corrected chi connectivity index (χ0v) is 10.3. The van der Waals surface area contributed by atoms with Crippen LogP contribution in [0.25, 0.3) is 0 Å². The van der Waals surface area contributed by atoms with E-state index in [-0.39, 0.29) is 17.6 Å². The van der Waals surface area contributed by atoms with Gasteiger partial charge >= 0.3 is 15.6 Å². The van der Waals surface area contributed by atoms with Gasteiger partial charge in [-0.15, -0.1) is 0 Å². The van der Waals surface area contributed by atoms with E-state index in [1.165, 1.54) is 6.08 Å². The van der Waals surface area contributed by atoms with Gasteiger partial charge in [-0.25, -0.2) is 0 Å². The second-order valence-electron chi connectivity index (χ2n) is 4.77. The van der Waals surface area contributed by atoms with Gasteiger partial charge < -0.3 is 4.18 Å². The minimum Gasteiger partial charge on any atom is -0.381 e. The van der Waals surface area contributed by atoms with Gasteiger partial charge in [0, 0.05) is 6.42 Å². The normalized spacial score (nSPS) is 21.0. The van der Waals surface area contributed by atoms with E-state index < -0.39 is 15.6 Å². The van der Waals surface area contributed by atoms with Crippen molar-refractivity contribution < 1.29 is 25.8 Å². The van der Waals surface area contributed by atoms with Crippen LogP contribution in [0.2, 0.25) is 0 Å². The number of allylic oxidation sites excluding steroid dienone is 3. The predicted octanol–water partition coefficient (Wildman–Crippen LogP) is 3.11. The highest BCUT2D eigenvalue weighted by Gasteiger charge is 2.49. The van der Waals surface area contributed by atoms with Crippen molar-refractivity contribution in [1.29, 1.82) is 0 Å². The average Bonchev–Trinajstić information content (AvgIpc) is 1.94. The summed E-state index contributed by atoms with van der Waals surface area (Å²) in [6.07, 6.45) is 1.96. The fourth-order valence-electron chi connectivity index (χ4n) is 1.72. The van der Waals surface area contributed by atoms with Crippen LogP contribution in [-0.4, -0.2) is 13.9 Å². The summed E-state index contributed by atoms with van der Waals surface area (Å²) >= 11 is 0. The van der Waals surface area contributed by atoms with Crippen molar-refractivity contribution >= 4 is 10.1 Å². The van der Waals surface area contributed by atoms with E-state index in [2.05, 4.69) is 10.8 Å². The predicted molar refractivity (Wildman–Crippen MR) is 56.3 cm³/mol. The molecule has 1 aliphatic rings. The Labute approximate surface area is 98.1 Å². The van der Waals surface area contributed by atoms with E-state index in [4.69, 9.17) is 0 Å². The lowest BCUT2D eigenvalue weighted by atomic mass is 9.78. The Bertz CT molecular complexity index is 458. The van der Waals surface area contributed by atoms with Gasteiger partial charge in [0.25, 0.3) is 0 Å². The van der Waals surface area contributed by atoms with Crippen molar-refractivity contribution in [2.24, 2.45) is 5.41 Å². The Balaban J connectivity index is 2.94. The third-order valence-corrected chi connectivity index (χ3v) is 3.22. The summed E-state index contributed by atoms with van der Waals surface area (Å²) in [4.78, 5) is 0. The summed E-state index contributed by atoms with van der Waals surface area (Å²) in [6, 6.07) is 0. The van der Waals surface area contributed by atoms with E-state index in [1.54, 1.807) is 13.8 Å². The standard InChI is InChI=1S/C10H13F3O3S/c1-7-4-8(6-9(2,3)5-7)16-17(14,15)10(11,12)13/h4H,1,5-6H2,2-3H3. The smallest absolute Gasteiger partial charge is 0.381 e. The van der Waals surface area contributed by atoms with E-state index in [9.17, 15) is 21.6 Å². The maximum Gasteiger partial charge on any atom is 0.534 e. The first kappa shape index (κ1) is 14.1. The molecule has 0 saturated carbocycles. The molecule has 17 heavy (non-hydrogen) atoms. The molecule has 0 atom stereocenters. The molecule has 0 amide bonds. The monoisotopic (exact) mass is 270 g/mol. The molecule has 0 aromatic carbocycles. The first-order valence-electron chi connectivity index (χ1n) is 4.82. The topological polar surface area (TPSA) is 43.4 Å². The van der Waals surface area contributed by atoms with Crippen molar-refractivity contribution in [3.8, 4) is 0 Å². The Morgan fingerprint density at radius 2 is 1.88 bits per heavy atom. The summed E-state index contributed by atoms with van der Waals surface area (Å²) in [5.41, 5.74) is -5.22. The Morgan fingerprint density at radius 1 is 1.35 bits per heavy atom. The van der Waals surface area contributed by atoms with Gasteiger partial charge in [-0.2, -0.15) is 21.6 Å². The fraction of sp³-hybridized carbons (Fsp3) is 0.600. The molecule has 0 unspecified atom stereocenters. The minimum absolute atomic E-state index is 0.126. The third kappa shape index (κ3) is 3.49. The molecule has 1 aliphatic carbocycles. The summed E-state index contributed by atoms with van der Waals surface area (Å²) in [5, 5.41) is 0. The van der Waals surface area contributed by atoms with Crippen LogP contribution in [0.5, 0.6) is 0 Å². The molecule has 0 radical (unpaired) electrons. The van der Waals surface area contributed by atoms with Crippen molar-refractivity contribution in [2.75, 3.05) is 0 Å². The maximum absolute atomic E-state index is 12.1. The van der Waals surface area contributed by atoms with Crippen LogP contribution in [0.1, 0.15) is 26.7 Å². The molecule has 1 rings (SSSR count). The average molecular weight is 270 g/mol. The summed E-state index contributed by atoms with van der Waals surface area (Å²) < 4.78 is 62.1. The highest BCUT2D eigenvalue weighted by Crippen LogP contribution is 2.39. The van der Waals surface area contributed by atoms with Crippen LogP contribution < -0.4 is 0 Å². The van der Waals surface area contributed by atoms with E-state index in [0.717, 1.165) is 0 Å². The SMILES string of the molecule is C=C1C=C(OS(=O)(=O)C(F)(F)F)CC(C)(C)C1. The Kier molecular flexibility index (Phi) is 3.35. The molecule has 0 heterocycles. The van der Waals surface area contributed by atoms with Gasteiger partial charge in [-0.05, 0) is 17.9 Å². The molecule has 0 saturated heterocycles. The van der Waals surface area contributed by atoms with Crippen LogP contribution in [0.15, 0.2) is 24.0 Å². The van der Waals surface area contributed by atoms with Crippen molar-refractivity contribution in [1.82, 2.24) is 0 Å². The molecule has 0 N–H and O–H groups in total. The molecule has 98 valence electrons. The van der Waals surface area contributed by atoms with Gasteiger partial charge in [0.15, 0.2) is 0 Å². The highest BCUT2D eigenvalue weighted by molar-refractivity contribution is 7.87. The molecule has 3 nitrogen and oxygen atoms in total. The number of rotatable bonds is 2. The van der Waals surface area contributed by atoms with Gasteiger partial charge in [-0.1, -0.05) is 26.0 Å². The molecule has 0 fully saturated rings. The Hall–Kier alpha value is -0.980. The number of hydrogen-bond acceptors (Lipinski definition) is 3. The van der Waals surface area contributed by atoms with E-state index in [1.807, 2.05) is 0 Å². The zero-order valence-electron chi connectivity index (χ0n) is 9.47. The fourth-order valence-corrected chi connectivity index (χ4v) is 2.20. The van der Waals surface area contributed by atoms with Crippen LogP contribution >= 0.6 is 0 Å². The van der Waals surface area contributed by atoms with Crippen LogP contribution in [0, 0.1) is 5.41 Å². The number of halogens is 3. The molecule has 0 bridgehead atoms. The first-order valence-corrected chi connectivity index (χ1v) is 6.23. The number of hydrogen-bond donors (Lipinski definition) is 0. The third-order valence-electron chi connectivity index (χ3n) is 2.22. The van der Waals surface area contributed by atoms with Crippen molar-refractivity contribution in [3.05, 3.63) is 24.0 Å². The van der Waals surface area contributed by atoms with E-state index in [0.29, 0.717) is 12.0 Å². The second kappa shape index (κ2) is 4.04. The molecule has 0 aromatic rings.